The minimum Gasteiger partial charge on any atom is -0.122 e. The lowest BCUT2D eigenvalue weighted by Gasteiger charge is -2.06. The Kier molecular flexibility index (Phi) is 3.56. The van der Waals surface area contributed by atoms with Crippen LogP contribution >= 0.6 is 11.6 Å². The molecule has 1 heteroatoms. The SMILES string of the molecule is C=C(CCl)c1ccc(C(C)C)cc1. The molecule has 0 aliphatic rings. The molecule has 0 heterocycles. The van der Waals surface area contributed by atoms with Crippen molar-refractivity contribution in [3.63, 3.8) is 0 Å². The van der Waals surface area contributed by atoms with Gasteiger partial charge in [-0.15, -0.1) is 11.6 Å². The molecule has 0 unspecified atom stereocenters. The monoisotopic (exact) mass is 194 g/mol. The average molecular weight is 195 g/mol. The molecule has 1 aromatic carbocycles. The minimum atomic E-state index is 0.501. The zero-order chi connectivity index (χ0) is 9.84. The molecule has 0 aliphatic carbocycles. The molecule has 0 spiro atoms. The molecule has 70 valence electrons. The van der Waals surface area contributed by atoms with Crippen LogP contribution in [0.5, 0.6) is 0 Å². The number of rotatable bonds is 3. The second kappa shape index (κ2) is 4.48. The van der Waals surface area contributed by atoms with E-state index in [1.54, 1.807) is 0 Å². The summed E-state index contributed by atoms with van der Waals surface area (Å²) in [4.78, 5) is 0. The molecule has 0 atom stereocenters. The van der Waals surface area contributed by atoms with Gasteiger partial charge in [-0.05, 0) is 22.6 Å². The van der Waals surface area contributed by atoms with Crippen LogP contribution in [0.15, 0.2) is 30.8 Å². The van der Waals surface area contributed by atoms with Gasteiger partial charge in [-0.2, -0.15) is 0 Å². The van der Waals surface area contributed by atoms with Gasteiger partial charge in [0.25, 0.3) is 0 Å². The van der Waals surface area contributed by atoms with E-state index < -0.39 is 0 Å². The fraction of sp³-hybridized carbons (Fsp3) is 0.333. The number of alkyl halides is 1. The third-order valence-corrected chi connectivity index (χ3v) is 2.47. The zero-order valence-electron chi connectivity index (χ0n) is 8.18. The highest BCUT2D eigenvalue weighted by Crippen LogP contribution is 2.18. The van der Waals surface area contributed by atoms with E-state index in [9.17, 15) is 0 Å². The summed E-state index contributed by atoms with van der Waals surface area (Å²) < 4.78 is 0. The third-order valence-electron chi connectivity index (χ3n) is 2.15. The number of halogens is 1. The zero-order valence-corrected chi connectivity index (χ0v) is 8.93. The van der Waals surface area contributed by atoms with E-state index in [0.717, 1.165) is 11.1 Å². The summed E-state index contributed by atoms with van der Waals surface area (Å²) in [5.41, 5.74) is 3.47. The molecule has 0 aliphatic heterocycles. The molecule has 0 radical (unpaired) electrons. The van der Waals surface area contributed by atoms with E-state index in [1.165, 1.54) is 5.56 Å². The van der Waals surface area contributed by atoms with Crippen LogP contribution in [0.25, 0.3) is 5.57 Å². The lowest BCUT2D eigenvalue weighted by molar-refractivity contribution is 0.866. The van der Waals surface area contributed by atoms with Gasteiger partial charge in [0.2, 0.25) is 0 Å². The average Bonchev–Trinajstić information content (AvgIpc) is 2.17. The number of hydrogen-bond donors (Lipinski definition) is 0. The maximum absolute atomic E-state index is 5.69. The maximum Gasteiger partial charge on any atom is 0.0474 e. The van der Waals surface area contributed by atoms with E-state index in [4.69, 9.17) is 11.6 Å². The molecule has 0 bridgehead atoms. The van der Waals surface area contributed by atoms with Gasteiger partial charge < -0.3 is 0 Å². The molecule has 0 aromatic heterocycles. The first kappa shape index (κ1) is 10.3. The van der Waals surface area contributed by atoms with Gasteiger partial charge >= 0.3 is 0 Å². The Balaban J connectivity index is 2.87. The quantitative estimate of drug-likeness (QED) is 0.637. The molecule has 0 amide bonds. The van der Waals surface area contributed by atoms with Gasteiger partial charge in [0.15, 0.2) is 0 Å². The van der Waals surface area contributed by atoms with Crippen molar-refractivity contribution >= 4 is 17.2 Å². The lowest BCUT2D eigenvalue weighted by atomic mass is 10.00. The van der Waals surface area contributed by atoms with Crippen molar-refractivity contribution in [2.75, 3.05) is 5.88 Å². The standard InChI is InChI=1S/C12H15Cl/c1-9(2)11-4-6-12(7-5-11)10(3)8-13/h4-7,9H,3,8H2,1-2H3. The summed E-state index contributed by atoms with van der Waals surface area (Å²) in [6, 6.07) is 8.44. The molecule has 0 saturated carbocycles. The van der Waals surface area contributed by atoms with Gasteiger partial charge in [0, 0.05) is 5.88 Å². The first-order chi connectivity index (χ1) is 6.15. The molecule has 0 nitrogen and oxygen atoms in total. The fourth-order valence-corrected chi connectivity index (χ4v) is 1.34. The second-order valence-corrected chi connectivity index (χ2v) is 3.78. The van der Waals surface area contributed by atoms with E-state index in [2.05, 4.69) is 44.7 Å². The van der Waals surface area contributed by atoms with Gasteiger partial charge in [0.1, 0.15) is 0 Å². The predicted molar refractivity (Wildman–Crippen MR) is 60.3 cm³/mol. The van der Waals surface area contributed by atoms with Crippen LogP contribution in [-0.4, -0.2) is 5.88 Å². The third kappa shape index (κ3) is 2.60. The van der Waals surface area contributed by atoms with E-state index >= 15 is 0 Å². The maximum atomic E-state index is 5.69. The Labute approximate surface area is 85.2 Å². The Bertz CT molecular complexity index is 282. The summed E-state index contributed by atoms with van der Waals surface area (Å²) in [6.45, 7) is 8.26. The number of benzene rings is 1. The normalized spacial score (nSPS) is 10.5. The van der Waals surface area contributed by atoms with Crippen LogP contribution in [0.4, 0.5) is 0 Å². The van der Waals surface area contributed by atoms with Crippen LogP contribution in [0.2, 0.25) is 0 Å². The van der Waals surface area contributed by atoms with Crippen molar-refractivity contribution in [2.45, 2.75) is 19.8 Å². The highest BCUT2D eigenvalue weighted by atomic mass is 35.5. The van der Waals surface area contributed by atoms with Crippen LogP contribution in [0, 0.1) is 0 Å². The van der Waals surface area contributed by atoms with Gasteiger partial charge in [-0.25, -0.2) is 0 Å². The topological polar surface area (TPSA) is 0 Å². The molecule has 1 aromatic rings. The van der Waals surface area contributed by atoms with Crippen LogP contribution < -0.4 is 0 Å². The summed E-state index contributed by atoms with van der Waals surface area (Å²) in [6.07, 6.45) is 0. The highest BCUT2D eigenvalue weighted by Gasteiger charge is 2.00. The lowest BCUT2D eigenvalue weighted by Crippen LogP contribution is -1.88. The summed E-state index contributed by atoms with van der Waals surface area (Å²) >= 11 is 5.69. The Morgan fingerprint density at radius 1 is 1.31 bits per heavy atom. The smallest absolute Gasteiger partial charge is 0.0474 e. The fourth-order valence-electron chi connectivity index (χ4n) is 1.18. The number of hydrogen-bond acceptors (Lipinski definition) is 0. The Morgan fingerprint density at radius 2 is 1.85 bits per heavy atom. The largest absolute Gasteiger partial charge is 0.122 e. The van der Waals surface area contributed by atoms with Crippen LogP contribution in [0.3, 0.4) is 0 Å². The van der Waals surface area contributed by atoms with Crippen molar-refractivity contribution < 1.29 is 0 Å². The van der Waals surface area contributed by atoms with Crippen LogP contribution in [0.1, 0.15) is 30.9 Å². The number of allylic oxidation sites excluding steroid dienone is 1. The second-order valence-electron chi connectivity index (χ2n) is 3.51. The molecule has 13 heavy (non-hydrogen) atoms. The predicted octanol–water partition coefficient (Wildman–Crippen LogP) is 4.06. The molecule has 1 rings (SSSR count). The molecular formula is C12H15Cl. The molecule has 0 fully saturated rings. The summed E-state index contributed by atoms with van der Waals surface area (Å²) in [7, 11) is 0. The summed E-state index contributed by atoms with van der Waals surface area (Å²) in [5.74, 6) is 1.08. The van der Waals surface area contributed by atoms with Gasteiger partial charge in [-0.3, -0.25) is 0 Å². The Hall–Kier alpha value is -0.750. The van der Waals surface area contributed by atoms with Crippen molar-refractivity contribution in [3.05, 3.63) is 42.0 Å². The molecule has 0 N–H and O–H groups in total. The molecule has 0 saturated heterocycles. The van der Waals surface area contributed by atoms with Gasteiger partial charge in [-0.1, -0.05) is 44.7 Å². The Morgan fingerprint density at radius 3 is 2.23 bits per heavy atom. The van der Waals surface area contributed by atoms with Crippen molar-refractivity contribution in [2.24, 2.45) is 0 Å². The van der Waals surface area contributed by atoms with E-state index in [-0.39, 0.29) is 0 Å². The van der Waals surface area contributed by atoms with Crippen molar-refractivity contribution in [1.82, 2.24) is 0 Å². The van der Waals surface area contributed by atoms with Crippen LogP contribution in [-0.2, 0) is 0 Å². The van der Waals surface area contributed by atoms with E-state index in [0.29, 0.717) is 11.8 Å². The minimum absolute atomic E-state index is 0.501. The first-order valence-corrected chi connectivity index (χ1v) is 5.02. The first-order valence-electron chi connectivity index (χ1n) is 4.49. The van der Waals surface area contributed by atoms with Gasteiger partial charge in [0.05, 0.1) is 0 Å². The van der Waals surface area contributed by atoms with Crippen molar-refractivity contribution in [3.8, 4) is 0 Å². The highest BCUT2D eigenvalue weighted by molar-refractivity contribution is 6.23. The molecular weight excluding hydrogens is 180 g/mol. The van der Waals surface area contributed by atoms with Crippen molar-refractivity contribution in [1.29, 1.82) is 0 Å². The summed E-state index contributed by atoms with van der Waals surface area (Å²) in [5, 5.41) is 0. The van der Waals surface area contributed by atoms with E-state index in [1.807, 2.05) is 0 Å².